The van der Waals surface area contributed by atoms with Crippen molar-refractivity contribution >= 4 is 11.6 Å². The van der Waals surface area contributed by atoms with E-state index in [0.717, 1.165) is 30.7 Å². The number of nitrogens with zero attached hydrogens (tertiary/aromatic N) is 3. The van der Waals surface area contributed by atoms with Crippen LogP contribution >= 0.6 is 0 Å². The van der Waals surface area contributed by atoms with E-state index in [1.165, 1.54) is 0 Å². The summed E-state index contributed by atoms with van der Waals surface area (Å²) in [4.78, 5) is 17.5. The Morgan fingerprint density at radius 3 is 3.22 bits per heavy atom. The third-order valence-electron chi connectivity index (χ3n) is 3.51. The van der Waals surface area contributed by atoms with Crippen LogP contribution in [-0.4, -0.2) is 37.9 Å². The van der Waals surface area contributed by atoms with E-state index in [4.69, 9.17) is 5.11 Å². The molecule has 5 nitrogen and oxygen atoms in total. The number of aromatic nitrogens is 2. The van der Waals surface area contributed by atoms with E-state index < -0.39 is 5.97 Å². The number of pyridine rings is 1. The van der Waals surface area contributed by atoms with Crippen LogP contribution in [-0.2, 0) is 11.3 Å². The van der Waals surface area contributed by atoms with Gasteiger partial charge in [-0.3, -0.25) is 9.69 Å². The van der Waals surface area contributed by atoms with E-state index in [9.17, 15) is 4.79 Å². The Balaban J connectivity index is 1.86. The minimum Gasteiger partial charge on any atom is -0.480 e. The SMILES string of the molecule is O=C(O)C1CCCN1Cc1cnc2ccccn12. The number of rotatable bonds is 3. The molecular weight excluding hydrogens is 230 g/mol. The second-order valence-electron chi connectivity index (χ2n) is 4.65. The quantitative estimate of drug-likeness (QED) is 0.887. The molecule has 0 bridgehead atoms. The Hall–Kier alpha value is -1.88. The van der Waals surface area contributed by atoms with Crippen molar-refractivity contribution < 1.29 is 9.90 Å². The van der Waals surface area contributed by atoms with Crippen LogP contribution < -0.4 is 0 Å². The second kappa shape index (κ2) is 4.42. The predicted octanol–water partition coefficient (Wildman–Crippen LogP) is 1.38. The Labute approximate surface area is 105 Å². The van der Waals surface area contributed by atoms with Crippen molar-refractivity contribution in [3.63, 3.8) is 0 Å². The van der Waals surface area contributed by atoms with Gasteiger partial charge in [0.2, 0.25) is 0 Å². The van der Waals surface area contributed by atoms with Crippen LogP contribution in [0.5, 0.6) is 0 Å². The molecule has 0 radical (unpaired) electrons. The summed E-state index contributed by atoms with van der Waals surface area (Å²) in [5, 5.41) is 9.16. The molecule has 5 heteroatoms. The van der Waals surface area contributed by atoms with E-state index in [0.29, 0.717) is 6.54 Å². The van der Waals surface area contributed by atoms with Gasteiger partial charge in [-0.25, -0.2) is 4.98 Å². The van der Waals surface area contributed by atoms with Gasteiger partial charge in [0.05, 0.1) is 11.9 Å². The van der Waals surface area contributed by atoms with Crippen molar-refractivity contribution in [3.05, 3.63) is 36.3 Å². The fourth-order valence-electron chi connectivity index (χ4n) is 2.61. The van der Waals surface area contributed by atoms with Gasteiger partial charge in [0, 0.05) is 12.7 Å². The maximum Gasteiger partial charge on any atom is 0.320 e. The van der Waals surface area contributed by atoms with Gasteiger partial charge in [0.1, 0.15) is 11.7 Å². The maximum atomic E-state index is 11.1. The lowest BCUT2D eigenvalue weighted by Gasteiger charge is -2.20. The van der Waals surface area contributed by atoms with E-state index in [2.05, 4.69) is 4.98 Å². The van der Waals surface area contributed by atoms with Crippen LogP contribution in [0.1, 0.15) is 18.5 Å². The summed E-state index contributed by atoms with van der Waals surface area (Å²) in [5.41, 5.74) is 1.94. The topological polar surface area (TPSA) is 57.8 Å². The van der Waals surface area contributed by atoms with Crippen molar-refractivity contribution in [3.8, 4) is 0 Å². The first-order chi connectivity index (χ1) is 8.75. The molecule has 2 aromatic heterocycles. The molecule has 0 amide bonds. The number of aliphatic carboxylic acids is 1. The molecule has 2 aromatic rings. The number of likely N-dealkylation sites (tertiary alicyclic amines) is 1. The highest BCUT2D eigenvalue weighted by Crippen LogP contribution is 2.20. The van der Waals surface area contributed by atoms with E-state index >= 15 is 0 Å². The van der Waals surface area contributed by atoms with Crippen molar-refractivity contribution in [1.29, 1.82) is 0 Å². The third-order valence-corrected chi connectivity index (χ3v) is 3.51. The minimum atomic E-state index is -0.721. The molecule has 1 atom stereocenters. The molecule has 0 aliphatic carbocycles. The molecule has 1 saturated heterocycles. The third kappa shape index (κ3) is 1.86. The molecule has 1 aliphatic rings. The number of imidazole rings is 1. The van der Waals surface area contributed by atoms with Crippen molar-refractivity contribution in [1.82, 2.24) is 14.3 Å². The number of hydrogen-bond donors (Lipinski definition) is 1. The summed E-state index contributed by atoms with van der Waals surface area (Å²) in [6.45, 7) is 1.49. The number of hydrogen-bond acceptors (Lipinski definition) is 3. The Kier molecular flexibility index (Phi) is 2.76. The molecule has 1 aliphatic heterocycles. The van der Waals surface area contributed by atoms with E-state index in [1.54, 1.807) is 0 Å². The van der Waals surface area contributed by atoms with Gasteiger partial charge < -0.3 is 9.51 Å². The van der Waals surface area contributed by atoms with Gasteiger partial charge in [-0.2, -0.15) is 0 Å². The van der Waals surface area contributed by atoms with Crippen molar-refractivity contribution in [2.24, 2.45) is 0 Å². The van der Waals surface area contributed by atoms with Gasteiger partial charge in [-0.15, -0.1) is 0 Å². The summed E-state index contributed by atoms with van der Waals surface area (Å²) in [6, 6.07) is 5.50. The number of carboxylic acid groups (broad SMARTS) is 1. The molecule has 0 saturated carbocycles. The lowest BCUT2D eigenvalue weighted by Crippen LogP contribution is -2.35. The average Bonchev–Trinajstić information content (AvgIpc) is 2.97. The van der Waals surface area contributed by atoms with Crippen LogP contribution in [0.4, 0.5) is 0 Å². The molecule has 1 fully saturated rings. The second-order valence-corrected chi connectivity index (χ2v) is 4.65. The van der Waals surface area contributed by atoms with Crippen LogP contribution in [0.3, 0.4) is 0 Å². The Morgan fingerprint density at radius 1 is 1.50 bits per heavy atom. The molecule has 3 rings (SSSR count). The standard InChI is InChI=1S/C13H15N3O2/c17-13(18)11-4-3-6-15(11)9-10-8-14-12-5-1-2-7-16(10)12/h1-2,5,7-8,11H,3-4,6,9H2,(H,17,18). The number of carbonyl (C=O) groups is 1. The average molecular weight is 245 g/mol. The normalized spacial score (nSPS) is 20.6. The first kappa shape index (κ1) is 11.2. The smallest absolute Gasteiger partial charge is 0.320 e. The van der Waals surface area contributed by atoms with Crippen molar-refractivity contribution in [2.45, 2.75) is 25.4 Å². The summed E-state index contributed by atoms with van der Waals surface area (Å²) in [7, 11) is 0. The molecular formula is C13H15N3O2. The monoisotopic (exact) mass is 245 g/mol. The van der Waals surface area contributed by atoms with Gasteiger partial charge >= 0.3 is 5.97 Å². The first-order valence-electron chi connectivity index (χ1n) is 6.13. The zero-order valence-corrected chi connectivity index (χ0v) is 9.99. The van der Waals surface area contributed by atoms with Crippen molar-refractivity contribution in [2.75, 3.05) is 6.54 Å². The molecule has 94 valence electrons. The summed E-state index contributed by atoms with van der Waals surface area (Å²) in [5.74, 6) is -0.721. The number of carboxylic acids is 1. The highest BCUT2D eigenvalue weighted by Gasteiger charge is 2.30. The van der Waals surface area contributed by atoms with Crippen LogP contribution in [0.25, 0.3) is 5.65 Å². The van der Waals surface area contributed by atoms with Gasteiger partial charge in [0.15, 0.2) is 0 Å². The molecule has 0 aromatic carbocycles. The molecule has 18 heavy (non-hydrogen) atoms. The zero-order chi connectivity index (χ0) is 12.5. The first-order valence-corrected chi connectivity index (χ1v) is 6.13. The van der Waals surface area contributed by atoms with E-state index in [-0.39, 0.29) is 6.04 Å². The largest absolute Gasteiger partial charge is 0.480 e. The minimum absolute atomic E-state index is 0.348. The van der Waals surface area contributed by atoms with Crippen LogP contribution in [0, 0.1) is 0 Å². The lowest BCUT2D eigenvalue weighted by molar-refractivity contribution is -0.142. The Bertz CT molecular complexity index is 578. The molecule has 1 N–H and O–H groups in total. The maximum absolute atomic E-state index is 11.1. The van der Waals surface area contributed by atoms with Crippen LogP contribution in [0.2, 0.25) is 0 Å². The molecule has 0 spiro atoms. The Morgan fingerprint density at radius 2 is 2.39 bits per heavy atom. The van der Waals surface area contributed by atoms with Gasteiger partial charge in [-0.1, -0.05) is 6.07 Å². The lowest BCUT2D eigenvalue weighted by atomic mass is 10.2. The highest BCUT2D eigenvalue weighted by atomic mass is 16.4. The summed E-state index contributed by atoms with van der Waals surface area (Å²) in [6.07, 6.45) is 5.48. The van der Waals surface area contributed by atoms with E-state index in [1.807, 2.05) is 39.9 Å². The fourth-order valence-corrected chi connectivity index (χ4v) is 2.61. The highest BCUT2D eigenvalue weighted by molar-refractivity contribution is 5.73. The zero-order valence-electron chi connectivity index (χ0n) is 9.99. The molecule has 3 heterocycles. The summed E-state index contributed by atoms with van der Waals surface area (Å²) < 4.78 is 2.01. The van der Waals surface area contributed by atoms with Gasteiger partial charge in [-0.05, 0) is 31.5 Å². The predicted molar refractivity (Wildman–Crippen MR) is 66.3 cm³/mol. The van der Waals surface area contributed by atoms with Gasteiger partial charge in [0.25, 0.3) is 0 Å². The summed E-state index contributed by atoms with van der Waals surface area (Å²) >= 11 is 0. The van der Waals surface area contributed by atoms with Crippen LogP contribution in [0.15, 0.2) is 30.6 Å². The number of fused-ring (bicyclic) bond motifs is 1. The molecule has 1 unspecified atom stereocenters. The fraction of sp³-hybridized carbons (Fsp3) is 0.385.